The SMILES string of the molecule is O=C(C=Cc1ccccc1Cl)Nc1nnc(NCCCn2ccnc2)s1. The van der Waals surface area contributed by atoms with Gasteiger partial charge in [-0.3, -0.25) is 10.1 Å². The van der Waals surface area contributed by atoms with Crippen LogP contribution in [0.4, 0.5) is 10.3 Å². The van der Waals surface area contributed by atoms with E-state index in [1.807, 2.05) is 29.0 Å². The summed E-state index contributed by atoms with van der Waals surface area (Å²) in [6, 6.07) is 7.31. The Morgan fingerprint density at radius 2 is 2.12 bits per heavy atom. The van der Waals surface area contributed by atoms with Crippen molar-refractivity contribution in [2.24, 2.45) is 0 Å². The molecular weight excluding hydrogens is 372 g/mol. The first-order valence-corrected chi connectivity index (χ1v) is 9.17. The molecule has 9 heteroatoms. The van der Waals surface area contributed by atoms with Crippen molar-refractivity contribution in [2.75, 3.05) is 17.2 Å². The molecule has 0 aliphatic carbocycles. The first kappa shape index (κ1) is 18.1. The van der Waals surface area contributed by atoms with Crippen LogP contribution in [-0.2, 0) is 11.3 Å². The molecule has 0 unspecified atom stereocenters. The quantitative estimate of drug-likeness (QED) is 0.455. The molecule has 134 valence electrons. The number of carbonyl (C=O) groups excluding carboxylic acids is 1. The number of hydrogen-bond donors (Lipinski definition) is 2. The van der Waals surface area contributed by atoms with Crippen molar-refractivity contribution >= 4 is 45.2 Å². The third-order valence-electron chi connectivity index (χ3n) is 3.40. The minimum Gasteiger partial charge on any atom is -0.360 e. The van der Waals surface area contributed by atoms with E-state index in [1.165, 1.54) is 17.4 Å². The van der Waals surface area contributed by atoms with E-state index < -0.39 is 0 Å². The van der Waals surface area contributed by atoms with Gasteiger partial charge in [-0.1, -0.05) is 41.1 Å². The van der Waals surface area contributed by atoms with Gasteiger partial charge in [-0.2, -0.15) is 0 Å². The van der Waals surface area contributed by atoms with Crippen LogP contribution in [0.25, 0.3) is 6.08 Å². The number of carbonyl (C=O) groups is 1. The molecule has 0 saturated carbocycles. The smallest absolute Gasteiger partial charge is 0.250 e. The lowest BCUT2D eigenvalue weighted by Gasteiger charge is -2.02. The summed E-state index contributed by atoms with van der Waals surface area (Å²) >= 11 is 7.34. The van der Waals surface area contributed by atoms with E-state index in [-0.39, 0.29) is 5.91 Å². The van der Waals surface area contributed by atoms with Crippen molar-refractivity contribution in [3.63, 3.8) is 0 Å². The highest BCUT2D eigenvalue weighted by Gasteiger charge is 2.06. The van der Waals surface area contributed by atoms with Crippen molar-refractivity contribution < 1.29 is 4.79 Å². The number of amides is 1. The fourth-order valence-corrected chi connectivity index (χ4v) is 3.01. The Morgan fingerprint density at radius 1 is 1.27 bits per heavy atom. The minimum absolute atomic E-state index is 0.285. The summed E-state index contributed by atoms with van der Waals surface area (Å²) in [5, 5.41) is 15.6. The van der Waals surface area contributed by atoms with Crippen molar-refractivity contribution in [3.05, 3.63) is 59.6 Å². The lowest BCUT2D eigenvalue weighted by molar-refractivity contribution is -0.111. The van der Waals surface area contributed by atoms with Gasteiger partial charge >= 0.3 is 0 Å². The second kappa shape index (κ2) is 9.12. The van der Waals surface area contributed by atoms with Crippen LogP contribution >= 0.6 is 22.9 Å². The van der Waals surface area contributed by atoms with Crippen molar-refractivity contribution in [1.82, 2.24) is 19.7 Å². The molecule has 2 aromatic heterocycles. The largest absolute Gasteiger partial charge is 0.360 e. The maximum atomic E-state index is 12.0. The second-order valence-corrected chi connectivity index (χ2v) is 6.72. The Kier molecular flexibility index (Phi) is 6.34. The van der Waals surface area contributed by atoms with E-state index >= 15 is 0 Å². The van der Waals surface area contributed by atoms with Crippen LogP contribution in [0.3, 0.4) is 0 Å². The second-order valence-electron chi connectivity index (χ2n) is 5.34. The zero-order chi connectivity index (χ0) is 18.2. The summed E-state index contributed by atoms with van der Waals surface area (Å²) in [4.78, 5) is 16.0. The van der Waals surface area contributed by atoms with E-state index in [9.17, 15) is 4.79 Å². The Morgan fingerprint density at radius 3 is 2.92 bits per heavy atom. The number of halogens is 1. The van der Waals surface area contributed by atoms with Gasteiger partial charge in [-0.25, -0.2) is 4.98 Å². The van der Waals surface area contributed by atoms with Gasteiger partial charge in [0.05, 0.1) is 6.33 Å². The number of imidazole rings is 1. The van der Waals surface area contributed by atoms with Gasteiger partial charge in [0.25, 0.3) is 0 Å². The molecule has 0 fully saturated rings. The molecule has 1 amide bonds. The summed E-state index contributed by atoms with van der Waals surface area (Å²) in [5.74, 6) is -0.285. The van der Waals surface area contributed by atoms with Crippen LogP contribution in [0.1, 0.15) is 12.0 Å². The highest BCUT2D eigenvalue weighted by Crippen LogP contribution is 2.20. The van der Waals surface area contributed by atoms with Gasteiger partial charge in [-0.15, -0.1) is 10.2 Å². The molecule has 0 saturated heterocycles. The Hall–Kier alpha value is -2.71. The summed E-state index contributed by atoms with van der Waals surface area (Å²) in [6.07, 6.45) is 9.48. The summed E-state index contributed by atoms with van der Waals surface area (Å²) in [6.45, 7) is 1.63. The van der Waals surface area contributed by atoms with Crippen molar-refractivity contribution in [3.8, 4) is 0 Å². The molecule has 2 heterocycles. The molecule has 0 atom stereocenters. The molecule has 0 aliphatic heterocycles. The fraction of sp³-hybridized carbons (Fsp3) is 0.176. The molecule has 2 N–H and O–H groups in total. The van der Waals surface area contributed by atoms with Gasteiger partial charge in [-0.05, 0) is 24.1 Å². The number of aromatic nitrogens is 4. The molecule has 0 radical (unpaired) electrons. The highest BCUT2D eigenvalue weighted by atomic mass is 35.5. The topological polar surface area (TPSA) is 84.7 Å². The summed E-state index contributed by atoms with van der Waals surface area (Å²) in [5.41, 5.74) is 0.779. The summed E-state index contributed by atoms with van der Waals surface area (Å²) < 4.78 is 2.01. The van der Waals surface area contributed by atoms with Crippen LogP contribution in [0.15, 0.2) is 49.1 Å². The predicted molar refractivity (Wildman–Crippen MR) is 104 cm³/mol. The molecule has 0 aliphatic rings. The number of nitrogens with one attached hydrogen (secondary N) is 2. The Bertz CT molecular complexity index is 877. The van der Waals surface area contributed by atoms with E-state index in [0.29, 0.717) is 15.3 Å². The highest BCUT2D eigenvalue weighted by molar-refractivity contribution is 7.19. The first-order chi connectivity index (χ1) is 12.7. The molecule has 7 nitrogen and oxygen atoms in total. The minimum atomic E-state index is -0.285. The van der Waals surface area contributed by atoms with Crippen LogP contribution in [-0.4, -0.2) is 32.2 Å². The van der Waals surface area contributed by atoms with E-state index in [4.69, 9.17) is 11.6 Å². The molecule has 0 bridgehead atoms. The number of anilines is 2. The van der Waals surface area contributed by atoms with Gasteiger partial charge in [0.2, 0.25) is 16.2 Å². The number of rotatable bonds is 8. The standard InChI is InChI=1S/C17H17ClN6OS/c18-14-5-2-1-4-13(14)6-7-15(25)21-17-23-22-16(26-17)20-8-3-10-24-11-9-19-12-24/h1-2,4-7,9,11-12H,3,8,10H2,(H,20,22)(H,21,23,25). The zero-order valence-electron chi connectivity index (χ0n) is 13.8. The first-order valence-electron chi connectivity index (χ1n) is 7.97. The molecule has 26 heavy (non-hydrogen) atoms. The number of nitrogens with zero attached hydrogens (tertiary/aromatic N) is 4. The maximum Gasteiger partial charge on any atom is 0.250 e. The average molecular weight is 389 g/mol. The average Bonchev–Trinajstić information content (AvgIpc) is 3.30. The van der Waals surface area contributed by atoms with Crippen LogP contribution < -0.4 is 10.6 Å². The van der Waals surface area contributed by atoms with E-state index in [2.05, 4.69) is 25.8 Å². The van der Waals surface area contributed by atoms with Crippen LogP contribution in [0, 0.1) is 0 Å². The molecule has 3 aromatic rings. The van der Waals surface area contributed by atoms with Crippen molar-refractivity contribution in [2.45, 2.75) is 13.0 Å². The summed E-state index contributed by atoms with van der Waals surface area (Å²) in [7, 11) is 0. The molecule has 1 aromatic carbocycles. The lowest BCUT2D eigenvalue weighted by Crippen LogP contribution is -2.07. The number of hydrogen-bond acceptors (Lipinski definition) is 6. The monoisotopic (exact) mass is 388 g/mol. The van der Waals surface area contributed by atoms with Crippen LogP contribution in [0.5, 0.6) is 0 Å². The number of benzene rings is 1. The normalized spacial score (nSPS) is 11.0. The zero-order valence-corrected chi connectivity index (χ0v) is 15.4. The van der Waals surface area contributed by atoms with Crippen LogP contribution in [0.2, 0.25) is 5.02 Å². The van der Waals surface area contributed by atoms with Crippen molar-refractivity contribution in [1.29, 1.82) is 0 Å². The van der Waals surface area contributed by atoms with Gasteiger partial charge in [0.15, 0.2) is 0 Å². The van der Waals surface area contributed by atoms with Gasteiger partial charge < -0.3 is 9.88 Å². The Balaban J connectivity index is 1.44. The third kappa shape index (κ3) is 5.40. The molecule has 0 spiro atoms. The van der Waals surface area contributed by atoms with E-state index in [1.54, 1.807) is 24.7 Å². The van der Waals surface area contributed by atoms with Gasteiger partial charge in [0.1, 0.15) is 0 Å². The van der Waals surface area contributed by atoms with E-state index in [0.717, 1.165) is 25.1 Å². The lowest BCUT2D eigenvalue weighted by atomic mass is 10.2. The maximum absolute atomic E-state index is 12.0. The number of aryl methyl sites for hydroxylation is 1. The molecule has 3 rings (SSSR count). The fourth-order valence-electron chi connectivity index (χ4n) is 2.14. The Labute approximate surface area is 159 Å². The predicted octanol–water partition coefficient (Wildman–Crippen LogP) is 3.54. The molecular formula is C17H17ClN6OS. The van der Waals surface area contributed by atoms with Gasteiger partial charge in [0, 0.05) is 36.6 Å². The third-order valence-corrected chi connectivity index (χ3v) is 4.54.